The van der Waals surface area contributed by atoms with E-state index in [0.717, 1.165) is 19.7 Å². The van der Waals surface area contributed by atoms with E-state index in [1.807, 2.05) is 0 Å². The fourth-order valence-corrected chi connectivity index (χ4v) is 1.69. The second-order valence-electron chi connectivity index (χ2n) is 5.27. The molecule has 1 atom stereocenters. The first-order valence-electron chi connectivity index (χ1n) is 5.28. The second-order valence-corrected chi connectivity index (χ2v) is 5.27. The van der Waals surface area contributed by atoms with E-state index in [9.17, 15) is 0 Å². The van der Waals surface area contributed by atoms with Crippen LogP contribution in [0.4, 0.5) is 0 Å². The van der Waals surface area contributed by atoms with Crippen LogP contribution in [0.2, 0.25) is 0 Å². The highest BCUT2D eigenvalue weighted by atomic mass is 16.5. The molecule has 1 rings (SSSR count). The van der Waals surface area contributed by atoms with Crippen LogP contribution in [0.1, 0.15) is 34.6 Å². The SMILES string of the molecule is CC(C)[C@@H]1CN(C(C)(C)C)CCO1. The summed E-state index contributed by atoms with van der Waals surface area (Å²) < 4.78 is 5.72. The molecule has 1 heterocycles. The van der Waals surface area contributed by atoms with Gasteiger partial charge in [-0.05, 0) is 26.7 Å². The van der Waals surface area contributed by atoms with Gasteiger partial charge < -0.3 is 4.74 Å². The molecule has 78 valence electrons. The van der Waals surface area contributed by atoms with Crippen molar-refractivity contribution in [1.29, 1.82) is 0 Å². The highest BCUT2D eigenvalue weighted by Gasteiger charge is 2.29. The lowest BCUT2D eigenvalue weighted by Gasteiger charge is -2.42. The van der Waals surface area contributed by atoms with Crippen LogP contribution in [0.5, 0.6) is 0 Å². The Morgan fingerprint density at radius 1 is 1.31 bits per heavy atom. The molecule has 1 saturated heterocycles. The summed E-state index contributed by atoms with van der Waals surface area (Å²) in [6.07, 6.45) is 0.424. The van der Waals surface area contributed by atoms with Crippen LogP contribution in [0, 0.1) is 5.92 Å². The Bertz CT molecular complexity index is 160. The maximum absolute atomic E-state index is 5.72. The number of morpholine rings is 1. The van der Waals surface area contributed by atoms with Gasteiger partial charge in [0.25, 0.3) is 0 Å². The summed E-state index contributed by atoms with van der Waals surface area (Å²) in [4.78, 5) is 2.52. The predicted molar refractivity (Wildman–Crippen MR) is 55.9 cm³/mol. The molecule has 0 radical (unpaired) electrons. The van der Waals surface area contributed by atoms with Gasteiger partial charge in [0, 0.05) is 18.6 Å². The molecule has 0 aliphatic carbocycles. The molecule has 13 heavy (non-hydrogen) atoms. The van der Waals surface area contributed by atoms with Crippen LogP contribution in [-0.4, -0.2) is 36.2 Å². The Hall–Kier alpha value is -0.0800. The number of hydrogen-bond acceptors (Lipinski definition) is 2. The molecular weight excluding hydrogens is 162 g/mol. The number of rotatable bonds is 1. The van der Waals surface area contributed by atoms with Gasteiger partial charge >= 0.3 is 0 Å². The van der Waals surface area contributed by atoms with Crippen molar-refractivity contribution in [2.75, 3.05) is 19.7 Å². The van der Waals surface area contributed by atoms with E-state index in [-0.39, 0.29) is 5.54 Å². The largest absolute Gasteiger partial charge is 0.375 e. The smallest absolute Gasteiger partial charge is 0.0725 e. The molecule has 1 aliphatic heterocycles. The van der Waals surface area contributed by atoms with E-state index >= 15 is 0 Å². The van der Waals surface area contributed by atoms with Crippen molar-refractivity contribution >= 4 is 0 Å². The molecule has 0 aromatic carbocycles. The molecule has 0 aromatic rings. The van der Waals surface area contributed by atoms with Crippen molar-refractivity contribution in [3.63, 3.8) is 0 Å². The summed E-state index contributed by atoms with van der Waals surface area (Å²) >= 11 is 0. The summed E-state index contributed by atoms with van der Waals surface area (Å²) in [6.45, 7) is 14.3. The highest BCUT2D eigenvalue weighted by molar-refractivity contribution is 4.82. The molecule has 0 N–H and O–H groups in total. The van der Waals surface area contributed by atoms with Crippen LogP contribution >= 0.6 is 0 Å². The standard InChI is InChI=1S/C11H23NO/c1-9(2)10-8-12(6-7-13-10)11(3,4)5/h9-10H,6-8H2,1-5H3/t10-/m0/s1. The highest BCUT2D eigenvalue weighted by Crippen LogP contribution is 2.20. The lowest BCUT2D eigenvalue weighted by Crippen LogP contribution is -2.52. The van der Waals surface area contributed by atoms with Crippen molar-refractivity contribution in [3.8, 4) is 0 Å². The van der Waals surface area contributed by atoms with Crippen molar-refractivity contribution in [3.05, 3.63) is 0 Å². The van der Waals surface area contributed by atoms with Gasteiger partial charge in [-0.3, -0.25) is 4.90 Å². The minimum absolute atomic E-state index is 0.289. The molecule has 0 saturated carbocycles. The van der Waals surface area contributed by atoms with Crippen molar-refractivity contribution in [1.82, 2.24) is 4.90 Å². The maximum Gasteiger partial charge on any atom is 0.0725 e. The van der Waals surface area contributed by atoms with Crippen molar-refractivity contribution in [2.24, 2.45) is 5.92 Å². The average molecular weight is 185 g/mol. The summed E-state index contributed by atoms with van der Waals surface area (Å²) in [7, 11) is 0. The van der Waals surface area contributed by atoms with Gasteiger partial charge in [0.15, 0.2) is 0 Å². The summed E-state index contributed by atoms with van der Waals surface area (Å²) in [6, 6.07) is 0. The molecule has 0 unspecified atom stereocenters. The van der Waals surface area contributed by atoms with Crippen LogP contribution in [0.3, 0.4) is 0 Å². The third-order valence-corrected chi connectivity index (χ3v) is 2.79. The fraction of sp³-hybridized carbons (Fsp3) is 1.00. The Morgan fingerprint density at radius 3 is 2.38 bits per heavy atom. The van der Waals surface area contributed by atoms with Crippen LogP contribution in [-0.2, 0) is 4.74 Å². The Kier molecular flexibility index (Phi) is 3.36. The third kappa shape index (κ3) is 2.96. The number of hydrogen-bond donors (Lipinski definition) is 0. The zero-order valence-corrected chi connectivity index (χ0v) is 9.63. The predicted octanol–water partition coefficient (Wildman–Crippen LogP) is 2.14. The molecule has 1 fully saturated rings. The second kappa shape index (κ2) is 3.97. The van der Waals surface area contributed by atoms with Gasteiger partial charge in [-0.2, -0.15) is 0 Å². The van der Waals surface area contributed by atoms with Crippen LogP contribution in [0.25, 0.3) is 0 Å². The van der Waals surface area contributed by atoms with Crippen LogP contribution < -0.4 is 0 Å². The van der Waals surface area contributed by atoms with Gasteiger partial charge in [0.1, 0.15) is 0 Å². The van der Waals surface area contributed by atoms with Gasteiger partial charge in [-0.1, -0.05) is 13.8 Å². The summed E-state index contributed by atoms with van der Waals surface area (Å²) in [5.41, 5.74) is 0.289. The average Bonchev–Trinajstić information content (AvgIpc) is 2.03. The molecular formula is C11H23NO. The normalized spacial score (nSPS) is 26.8. The molecule has 0 aromatic heterocycles. The van der Waals surface area contributed by atoms with Crippen molar-refractivity contribution in [2.45, 2.75) is 46.3 Å². The van der Waals surface area contributed by atoms with Gasteiger partial charge in [-0.25, -0.2) is 0 Å². The first-order valence-corrected chi connectivity index (χ1v) is 5.28. The third-order valence-electron chi connectivity index (χ3n) is 2.79. The lowest BCUT2D eigenvalue weighted by molar-refractivity contribution is -0.0759. The summed E-state index contributed by atoms with van der Waals surface area (Å²) in [5.74, 6) is 0.630. The molecule has 1 aliphatic rings. The van der Waals surface area contributed by atoms with E-state index in [2.05, 4.69) is 39.5 Å². The summed E-state index contributed by atoms with van der Waals surface area (Å²) in [5, 5.41) is 0. The first kappa shape index (κ1) is 11.0. The minimum atomic E-state index is 0.289. The van der Waals surface area contributed by atoms with Gasteiger partial charge in [0.2, 0.25) is 0 Å². The molecule has 2 heteroatoms. The van der Waals surface area contributed by atoms with E-state index in [4.69, 9.17) is 4.74 Å². The first-order chi connectivity index (χ1) is 5.91. The van der Waals surface area contributed by atoms with Crippen LogP contribution in [0.15, 0.2) is 0 Å². The molecule has 2 nitrogen and oxygen atoms in total. The Labute approximate surface area is 82.3 Å². The van der Waals surface area contributed by atoms with E-state index in [0.29, 0.717) is 12.0 Å². The molecule has 0 bridgehead atoms. The zero-order valence-electron chi connectivity index (χ0n) is 9.63. The van der Waals surface area contributed by atoms with E-state index in [1.165, 1.54) is 0 Å². The fourth-order valence-electron chi connectivity index (χ4n) is 1.69. The Morgan fingerprint density at radius 2 is 1.92 bits per heavy atom. The van der Waals surface area contributed by atoms with E-state index < -0.39 is 0 Å². The van der Waals surface area contributed by atoms with Gasteiger partial charge in [0.05, 0.1) is 12.7 Å². The molecule has 0 amide bonds. The van der Waals surface area contributed by atoms with E-state index in [1.54, 1.807) is 0 Å². The quantitative estimate of drug-likeness (QED) is 0.620. The monoisotopic (exact) mass is 185 g/mol. The molecule has 0 spiro atoms. The number of ether oxygens (including phenoxy) is 1. The lowest BCUT2D eigenvalue weighted by atomic mass is 10.0. The maximum atomic E-state index is 5.72. The Balaban J connectivity index is 2.52. The van der Waals surface area contributed by atoms with Gasteiger partial charge in [-0.15, -0.1) is 0 Å². The number of nitrogens with zero attached hydrogens (tertiary/aromatic N) is 1. The zero-order chi connectivity index (χ0) is 10.1. The van der Waals surface area contributed by atoms with Crippen molar-refractivity contribution < 1.29 is 4.74 Å². The minimum Gasteiger partial charge on any atom is -0.375 e. The topological polar surface area (TPSA) is 12.5 Å².